The average molecular weight is 313 g/mol. The van der Waals surface area contributed by atoms with Gasteiger partial charge in [0.15, 0.2) is 11.5 Å². The summed E-state index contributed by atoms with van der Waals surface area (Å²) >= 11 is 6.22. The molecule has 1 aliphatic rings. The fourth-order valence-corrected chi connectivity index (χ4v) is 3.24. The van der Waals surface area contributed by atoms with Crippen molar-refractivity contribution in [3.05, 3.63) is 22.7 Å². The summed E-state index contributed by atoms with van der Waals surface area (Å²) in [5.41, 5.74) is 1.11. The Balaban J connectivity index is 1.89. The van der Waals surface area contributed by atoms with Crippen LogP contribution in [-0.2, 0) is 6.54 Å². The van der Waals surface area contributed by atoms with E-state index in [2.05, 4.69) is 17.3 Å². The molecule has 1 atom stereocenters. The van der Waals surface area contributed by atoms with Crippen LogP contribution in [0.5, 0.6) is 11.5 Å². The number of hydrogen-bond acceptors (Lipinski definition) is 4. The van der Waals surface area contributed by atoms with E-state index in [0.29, 0.717) is 16.5 Å². The van der Waals surface area contributed by atoms with E-state index in [1.807, 2.05) is 12.1 Å². The summed E-state index contributed by atoms with van der Waals surface area (Å²) in [5.74, 6) is 2.01. The first-order valence-corrected chi connectivity index (χ1v) is 7.81. The molecule has 0 radical (unpaired) electrons. The van der Waals surface area contributed by atoms with Crippen LogP contribution in [0.1, 0.15) is 18.4 Å². The molecule has 21 heavy (non-hydrogen) atoms. The lowest BCUT2D eigenvalue weighted by Crippen LogP contribution is -2.37. The molecule has 1 aromatic rings. The summed E-state index contributed by atoms with van der Waals surface area (Å²) in [6, 6.07) is 3.91. The molecule has 5 heteroatoms. The van der Waals surface area contributed by atoms with E-state index in [1.54, 1.807) is 14.2 Å². The number of nitrogens with one attached hydrogen (secondary N) is 1. The van der Waals surface area contributed by atoms with E-state index in [9.17, 15) is 0 Å². The summed E-state index contributed by atoms with van der Waals surface area (Å²) in [6.07, 6.45) is 2.61. The molecule has 1 fully saturated rings. The summed E-state index contributed by atoms with van der Waals surface area (Å²) in [5, 5.41) is 4.12. The summed E-state index contributed by atoms with van der Waals surface area (Å²) in [7, 11) is 5.42. The van der Waals surface area contributed by atoms with Gasteiger partial charge in [-0.15, -0.1) is 0 Å². The van der Waals surface area contributed by atoms with Gasteiger partial charge in [0.25, 0.3) is 0 Å². The van der Waals surface area contributed by atoms with Crippen molar-refractivity contribution in [3.8, 4) is 11.5 Å². The number of rotatable bonds is 6. The van der Waals surface area contributed by atoms with Gasteiger partial charge in [-0.25, -0.2) is 0 Å². The van der Waals surface area contributed by atoms with E-state index in [4.69, 9.17) is 21.1 Å². The number of halogens is 1. The van der Waals surface area contributed by atoms with Crippen LogP contribution in [0.2, 0.25) is 5.02 Å². The van der Waals surface area contributed by atoms with E-state index < -0.39 is 0 Å². The zero-order chi connectivity index (χ0) is 15.2. The van der Waals surface area contributed by atoms with Gasteiger partial charge in [0, 0.05) is 13.1 Å². The minimum Gasteiger partial charge on any atom is -0.493 e. The molecule has 0 bridgehead atoms. The van der Waals surface area contributed by atoms with Crippen molar-refractivity contribution in [1.29, 1.82) is 0 Å². The minimum absolute atomic E-state index is 0.589. The lowest BCUT2D eigenvalue weighted by molar-refractivity contribution is 0.206. The normalized spacial score (nSPS) is 19.5. The van der Waals surface area contributed by atoms with Crippen LogP contribution in [0.15, 0.2) is 12.1 Å². The number of likely N-dealkylation sites (tertiary alicyclic amines) is 1. The maximum atomic E-state index is 6.22. The van der Waals surface area contributed by atoms with Crippen molar-refractivity contribution < 1.29 is 9.47 Å². The number of nitrogens with zero attached hydrogens (tertiary/aromatic N) is 1. The third-order valence-electron chi connectivity index (χ3n) is 3.98. The van der Waals surface area contributed by atoms with Crippen molar-refractivity contribution >= 4 is 11.6 Å². The van der Waals surface area contributed by atoms with Crippen molar-refractivity contribution in [2.45, 2.75) is 19.4 Å². The molecule has 1 N–H and O–H groups in total. The number of hydrogen-bond donors (Lipinski definition) is 1. The van der Waals surface area contributed by atoms with Crippen molar-refractivity contribution in [1.82, 2.24) is 10.2 Å². The van der Waals surface area contributed by atoms with Crippen LogP contribution >= 0.6 is 11.6 Å². The molecule has 1 aliphatic heterocycles. The standard InChI is InChI=1S/C16H25ClN2O2/c1-19-6-4-5-12(11-19)9-18-10-13-7-14(17)16(21-3)15(8-13)20-2/h7-8,12,18H,4-6,9-11H2,1-3H3/t12-/m0/s1. The van der Waals surface area contributed by atoms with E-state index in [-0.39, 0.29) is 0 Å². The Morgan fingerprint density at radius 3 is 2.81 bits per heavy atom. The zero-order valence-corrected chi connectivity index (χ0v) is 13.9. The van der Waals surface area contributed by atoms with Gasteiger partial charge in [-0.05, 0) is 56.6 Å². The topological polar surface area (TPSA) is 33.7 Å². The molecule has 0 amide bonds. The molecule has 0 unspecified atom stereocenters. The second kappa shape index (κ2) is 7.87. The highest BCUT2D eigenvalue weighted by atomic mass is 35.5. The van der Waals surface area contributed by atoms with E-state index >= 15 is 0 Å². The van der Waals surface area contributed by atoms with Gasteiger partial charge in [-0.3, -0.25) is 0 Å². The fraction of sp³-hybridized carbons (Fsp3) is 0.625. The van der Waals surface area contributed by atoms with Crippen molar-refractivity contribution in [2.24, 2.45) is 5.92 Å². The molecule has 0 spiro atoms. The van der Waals surface area contributed by atoms with Gasteiger partial charge in [0.1, 0.15) is 0 Å². The number of benzene rings is 1. The first-order chi connectivity index (χ1) is 10.1. The maximum absolute atomic E-state index is 6.22. The van der Waals surface area contributed by atoms with Gasteiger partial charge in [0.05, 0.1) is 19.2 Å². The van der Waals surface area contributed by atoms with Gasteiger partial charge in [-0.1, -0.05) is 11.6 Å². The Kier molecular flexibility index (Phi) is 6.15. The van der Waals surface area contributed by atoms with Gasteiger partial charge >= 0.3 is 0 Å². The summed E-state index contributed by atoms with van der Waals surface area (Å²) in [4.78, 5) is 2.41. The Morgan fingerprint density at radius 2 is 2.14 bits per heavy atom. The molecular weight excluding hydrogens is 288 g/mol. The molecule has 1 aromatic carbocycles. The largest absolute Gasteiger partial charge is 0.493 e. The molecule has 0 aliphatic carbocycles. The molecular formula is C16H25ClN2O2. The molecule has 1 saturated heterocycles. The van der Waals surface area contributed by atoms with Crippen LogP contribution in [0.4, 0.5) is 0 Å². The summed E-state index contributed by atoms with van der Waals surface area (Å²) < 4.78 is 10.6. The lowest BCUT2D eigenvalue weighted by atomic mass is 9.98. The first-order valence-electron chi connectivity index (χ1n) is 7.43. The smallest absolute Gasteiger partial charge is 0.179 e. The van der Waals surface area contributed by atoms with Crippen LogP contribution < -0.4 is 14.8 Å². The molecule has 118 valence electrons. The quantitative estimate of drug-likeness (QED) is 0.876. The Hall–Kier alpha value is -0.970. The highest BCUT2D eigenvalue weighted by molar-refractivity contribution is 6.32. The Bertz CT molecular complexity index is 468. The highest BCUT2D eigenvalue weighted by Gasteiger charge is 2.17. The molecule has 0 aromatic heterocycles. The second-order valence-corrected chi connectivity index (χ2v) is 6.12. The highest BCUT2D eigenvalue weighted by Crippen LogP contribution is 2.35. The third kappa shape index (κ3) is 4.50. The van der Waals surface area contributed by atoms with Crippen LogP contribution in [0.25, 0.3) is 0 Å². The number of ether oxygens (including phenoxy) is 2. The van der Waals surface area contributed by atoms with Crippen LogP contribution in [0.3, 0.4) is 0 Å². The van der Waals surface area contributed by atoms with Gasteiger partial charge in [0.2, 0.25) is 0 Å². The first kappa shape index (κ1) is 16.4. The maximum Gasteiger partial charge on any atom is 0.179 e. The van der Waals surface area contributed by atoms with Crippen LogP contribution in [-0.4, -0.2) is 45.8 Å². The minimum atomic E-state index is 0.589. The molecule has 2 rings (SSSR count). The average Bonchev–Trinajstić information content (AvgIpc) is 2.46. The third-order valence-corrected chi connectivity index (χ3v) is 4.26. The predicted molar refractivity (Wildman–Crippen MR) is 86.5 cm³/mol. The second-order valence-electron chi connectivity index (χ2n) is 5.71. The van der Waals surface area contributed by atoms with Gasteiger partial charge in [-0.2, -0.15) is 0 Å². The lowest BCUT2D eigenvalue weighted by Gasteiger charge is -2.29. The summed E-state index contributed by atoms with van der Waals surface area (Å²) in [6.45, 7) is 4.23. The van der Waals surface area contributed by atoms with Crippen LogP contribution in [0, 0.1) is 5.92 Å². The van der Waals surface area contributed by atoms with Crippen molar-refractivity contribution in [2.75, 3.05) is 40.9 Å². The fourth-order valence-electron chi connectivity index (χ4n) is 2.93. The van der Waals surface area contributed by atoms with E-state index in [1.165, 1.54) is 25.9 Å². The van der Waals surface area contributed by atoms with E-state index in [0.717, 1.165) is 24.6 Å². The monoisotopic (exact) mass is 312 g/mol. The molecule has 1 heterocycles. The van der Waals surface area contributed by atoms with Gasteiger partial charge < -0.3 is 19.7 Å². The molecule has 0 saturated carbocycles. The SMILES string of the molecule is COc1cc(CNC[C@@H]2CCCN(C)C2)cc(Cl)c1OC. The predicted octanol–water partition coefficient (Wildman–Crippen LogP) is 2.79. The number of methoxy groups -OCH3 is 2. The number of piperidine rings is 1. The Labute approximate surface area is 132 Å². The van der Waals surface area contributed by atoms with Crippen molar-refractivity contribution in [3.63, 3.8) is 0 Å². The zero-order valence-electron chi connectivity index (χ0n) is 13.1. The molecule has 4 nitrogen and oxygen atoms in total. The Morgan fingerprint density at radius 1 is 1.33 bits per heavy atom.